The molecule has 0 saturated heterocycles. The van der Waals surface area contributed by atoms with Crippen molar-refractivity contribution in [3.8, 4) is 0 Å². The van der Waals surface area contributed by atoms with E-state index in [9.17, 15) is 8.78 Å². The number of hydrogen-bond acceptors (Lipinski definition) is 2. The molecular formula is C15H22F2N2. The molecule has 0 aliphatic heterocycles. The molecule has 0 bridgehead atoms. The molecule has 2 rings (SSSR count). The van der Waals surface area contributed by atoms with E-state index in [0.717, 1.165) is 38.3 Å². The first-order valence-corrected chi connectivity index (χ1v) is 6.96. The zero-order valence-electron chi connectivity index (χ0n) is 11.4. The van der Waals surface area contributed by atoms with E-state index in [2.05, 4.69) is 11.9 Å². The van der Waals surface area contributed by atoms with Gasteiger partial charge in [0.1, 0.15) is 11.6 Å². The lowest BCUT2D eigenvalue weighted by Crippen LogP contribution is -2.39. The second kappa shape index (κ2) is 6.44. The molecule has 0 heterocycles. The van der Waals surface area contributed by atoms with Gasteiger partial charge in [-0.3, -0.25) is 0 Å². The number of nitrogens with zero attached hydrogens (tertiary/aromatic N) is 1. The molecule has 1 aromatic rings. The molecule has 0 amide bonds. The van der Waals surface area contributed by atoms with E-state index < -0.39 is 11.6 Å². The van der Waals surface area contributed by atoms with Gasteiger partial charge >= 0.3 is 0 Å². The minimum Gasteiger partial charge on any atom is -0.328 e. The highest BCUT2D eigenvalue weighted by Gasteiger charge is 2.21. The molecule has 0 unspecified atom stereocenters. The van der Waals surface area contributed by atoms with Gasteiger partial charge in [-0.25, -0.2) is 8.78 Å². The Kier molecular flexibility index (Phi) is 4.88. The maximum atomic E-state index is 13.5. The predicted octanol–water partition coefficient (Wildman–Crippen LogP) is 2.71. The van der Waals surface area contributed by atoms with Crippen LogP contribution in [-0.4, -0.2) is 30.6 Å². The Morgan fingerprint density at radius 3 is 2.53 bits per heavy atom. The highest BCUT2D eigenvalue weighted by molar-refractivity contribution is 5.18. The van der Waals surface area contributed by atoms with Crippen LogP contribution in [0.3, 0.4) is 0 Å². The van der Waals surface area contributed by atoms with Gasteiger partial charge in [-0.1, -0.05) is 6.07 Å². The molecule has 0 atom stereocenters. The first-order valence-electron chi connectivity index (χ1n) is 6.96. The van der Waals surface area contributed by atoms with Crippen molar-refractivity contribution in [1.82, 2.24) is 4.90 Å². The SMILES string of the molecule is CN(CCc1ccc(F)cc1F)C1CCC(N)CC1. The Balaban J connectivity index is 1.84. The average molecular weight is 268 g/mol. The highest BCUT2D eigenvalue weighted by atomic mass is 19.1. The summed E-state index contributed by atoms with van der Waals surface area (Å²) in [5.41, 5.74) is 6.48. The molecule has 1 saturated carbocycles. The fraction of sp³-hybridized carbons (Fsp3) is 0.600. The zero-order chi connectivity index (χ0) is 13.8. The minimum absolute atomic E-state index is 0.346. The van der Waals surface area contributed by atoms with Crippen LogP contribution < -0.4 is 5.73 Å². The molecule has 0 spiro atoms. The van der Waals surface area contributed by atoms with E-state index in [-0.39, 0.29) is 0 Å². The first-order chi connectivity index (χ1) is 9.06. The molecule has 19 heavy (non-hydrogen) atoms. The maximum Gasteiger partial charge on any atom is 0.129 e. The van der Waals surface area contributed by atoms with Crippen molar-refractivity contribution in [2.75, 3.05) is 13.6 Å². The number of nitrogens with two attached hydrogens (primary N) is 1. The van der Waals surface area contributed by atoms with Crippen LogP contribution in [0.5, 0.6) is 0 Å². The Hall–Kier alpha value is -1.00. The zero-order valence-corrected chi connectivity index (χ0v) is 11.4. The lowest BCUT2D eigenvalue weighted by Gasteiger charge is -2.33. The summed E-state index contributed by atoms with van der Waals surface area (Å²) >= 11 is 0. The predicted molar refractivity (Wildman–Crippen MR) is 72.9 cm³/mol. The van der Waals surface area contributed by atoms with Crippen LogP contribution in [0, 0.1) is 11.6 Å². The highest BCUT2D eigenvalue weighted by Crippen LogP contribution is 2.21. The number of likely N-dealkylation sites (N-methyl/N-ethyl adjacent to an activating group) is 1. The average Bonchev–Trinajstić information content (AvgIpc) is 2.38. The third-order valence-electron chi connectivity index (χ3n) is 4.11. The van der Waals surface area contributed by atoms with Gasteiger partial charge in [0, 0.05) is 24.7 Å². The van der Waals surface area contributed by atoms with Gasteiger partial charge in [0.15, 0.2) is 0 Å². The third kappa shape index (κ3) is 3.98. The van der Waals surface area contributed by atoms with Gasteiger partial charge in [0.05, 0.1) is 0 Å². The van der Waals surface area contributed by atoms with E-state index in [4.69, 9.17) is 5.73 Å². The van der Waals surface area contributed by atoms with Crippen LogP contribution in [0.1, 0.15) is 31.2 Å². The van der Waals surface area contributed by atoms with Gasteiger partial charge < -0.3 is 10.6 Å². The first kappa shape index (κ1) is 14.4. The van der Waals surface area contributed by atoms with Crippen molar-refractivity contribution in [2.45, 2.75) is 44.2 Å². The van der Waals surface area contributed by atoms with E-state index in [0.29, 0.717) is 24.1 Å². The molecule has 1 fully saturated rings. The van der Waals surface area contributed by atoms with Crippen molar-refractivity contribution in [1.29, 1.82) is 0 Å². The standard InChI is InChI=1S/C15H22F2N2/c1-19(14-6-4-13(18)5-7-14)9-8-11-2-3-12(16)10-15(11)17/h2-3,10,13-14H,4-9,18H2,1H3. The van der Waals surface area contributed by atoms with Gasteiger partial charge in [-0.2, -0.15) is 0 Å². The summed E-state index contributed by atoms with van der Waals surface area (Å²) in [6.45, 7) is 0.794. The lowest BCUT2D eigenvalue weighted by atomic mass is 9.91. The summed E-state index contributed by atoms with van der Waals surface area (Å²) in [5, 5.41) is 0. The Labute approximate surface area is 113 Å². The summed E-state index contributed by atoms with van der Waals surface area (Å²) < 4.78 is 26.3. The van der Waals surface area contributed by atoms with Crippen molar-refractivity contribution in [3.63, 3.8) is 0 Å². The fourth-order valence-corrected chi connectivity index (χ4v) is 2.75. The van der Waals surface area contributed by atoms with Crippen LogP contribution in [0.2, 0.25) is 0 Å². The van der Waals surface area contributed by atoms with Crippen LogP contribution in [-0.2, 0) is 6.42 Å². The molecule has 4 heteroatoms. The minimum atomic E-state index is -0.518. The van der Waals surface area contributed by atoms with Crippen molar-refractivity contribution < 1.29 is 8.78 Å². The quantitative estimate of drug-likeness (QED) is 0.909. The van der Waals surface area contributed by atoms with E-state index in [1.807, 2.05) is 0 Å². The molecule has 1 aliphatic carbocycles. The van der Waals surface area contributed by atoms with Gasteiger partial charge in [0.25, 0.3) is 0 Å². The van der Waals surface area contributed by atoms with E-state index in [1.165, 1.54) is 12.1 Å². The molecule has 0 aromatic heterocycles. The Bertz CT molecular complexity index is 415. The van der Waals surface area contributed by atoms with Crippen LogP contribution in [0.25, 0.3) is 0 Å². The van der Waals surface area contributed by atoms with Gasteiger partial charge in [-0.15, -0.1) is 0 Å². The summed E-state index contributed by atoms with van der Waals surface area (Å²) in [6.07, 6.45) is 4.98. The van der Waals surface area contributed by atoms with Crippen LogP contribution >= 0.6 is 0 Å². The fourth-order valence-electron chi connectivity index (χ4n) is 2.75. The maximum absolute atomic E-state index is 13.5. The van der Waals surface area contributed by atoms with Crippen molar-refractivity contribution in [2.24, 2.45) is 5.73 Å². The number of rotatable bonds is 4. The number of halogens is 2. The molecular weight excluding hydrogens is 246 g/mol. The molecule has 1 aromatic carbocycles. The summed E-state index contributed by atoms with van der Waals surface area (Å²) in [5.74, 6) is -0.963. The topological polar surface area (TPSA) is 29.3 Å². The van der Waals surface area contributed by atoms with Gasteiger partial charge in [-0.05, 0) is 50.8 Å². The lowest BCUT2D eigenvalue weighted by molar-refractivity contribution is 0.184. The van der Waals surface area contributed by atoms with Crippen LogP contribution in [0.4, 0.5) is 8.78 Å². The molecule has 0 radical (unpaired) electrons. The normalized spacial score (nSPS) is 23.8. The third-order valence-corrected chi connectivity index (χ3v) is 4.11. The summed E-state index contributed by atoms with van der Waals surface area (Å²) in [6, 6.07) is 4.70. The largest absolute Gasteiger partial charge is 0.328 e. The summed E-state index contributed by atoms with van der Waals surface area (Å²) in [7, 11) is 2.07. The Morgan fingerprint density at radius 2 is 1.89 bits per heavy atom. The van der Waals surface area contributed by atoms with E-state index >= 15 is 0 Å². The van der Waals surface area contributed by atoms with Crippen LogP contribution in [0.15, 0.2) is 18.2 Å². The van der Waals surface area contributed by atoms with Crippen molar-refractivity contribution >= 4 is 0 Å². The van der Waals surface area contributed by atoms with E-state index in [1.54, 1.807) is 0 Å². The number of benzene rings is 1. The Morgan fingerprint density at radius 1 is 1.21 bits per heavy atom. The smallest absolute Gasteiger partial charge is 0.129 e. The molecule has 2 nitrogen and oxygen atoms in total. The second-order valence-corrected chi connectivity index (χ2v) is 5.53. The van der Waals surface area contributed by atoms with Gasteiger partial charge in [0.2, 0.25) is 0 Å². The molecule has 106 valence electrons. The number of hydrogen-bond donors (Lipinski definition) is 1. The summed E-state index contributed by atoms with van der Waals surface area (Å²) in [4.78, 5) is 2.27. The van der Waals surface area contributed by atoms with Crippen molar-refractivity contribution in [3.05, 3.63) is 35.4 Å². The molecule has 1 aliphatic rings. The monoisotopic (exact) mass is 268 g/mol. The second-order valence-electron chi connectivity index (χ2n) is 5.53. The molecule has 2 N–H and O–H groups in total.